The van der Waals surface area contributed by atoms with Crippen LogP contribution in [0.3, 0.4) is 0 Å². The first-order valence-electron chi connectivity index (χ1n) is 8.16. The third-order valence-electron chi connectivity index (χ3n) is 6.50. The van der Waals surface area contributed by atoms with Crippen molar-refractivity contribution in [3.63, 3.8) is 0 Å². The summed E-state index contributed by atoms with van der Waals surface area (Å²) in [5.74, 6) is 0.476. The van der Waals surface area contributed by atoms with Crippen LogP contribution in [-0.2, 0) is 18.9 Å². The summed E-state index contributed by atoms with van der Waals surface area (Å²) in [7, 11) is 1.68. The first kappa shape index (κ1) is 14.4. The molecule has 0 aromatic carbocycles. The number of fused-ring (bicyclic) bond motifs is 1. The molecule has 21 heavy (non-hydrogen) atoms. The second kappa shape index (κ2) is 4.42. The monoisotopic (exact) mass is 298 g/mol. The van der Waals surface area contributed by atoms with Gasteiger partial charge >= 0.3 is 0 Å². The summed E-state index contributed by atoms with van der Waals surface area (Å²) in [6.45, 7) is 6.28. The number of aliphatic hydroxyl groups excluding tert-OH is 1. The molecular formula is C16H26O5. The number of aliphatic hydroxyl groups is 1. The second-order valence-electron chi connectivity index (χ2n) is 7.54. The lowest BCUT2D eigenvalue weighted by Crippen LogP contribution is -2.67. The molecule has 1 N–H and O–H groups in total. The number of rotatable bonds is 1. The molecule has 3 aliphatic heterocycles. The Morgan fingerprint density at radius 3 is 2.67 bits per heavy atom. The van der Waals surface area contributed by atoms with E-state index in [0.29, 0.717) is 11.8 Å². The van der Waals surface area contributed by atoms with Crippen molar-refractivity contribution in [2.75, 3.05) is 7.11 Å². The van der Waals surface area contributed by atoms with Crippen LogP contribution in [0, 0.1) is 23.7 Å². The van der Waals surface area contributed by atoms with Gasteiger partial charge in [0.05, 0.1) is 0 Å². The van der Waals surface area contributed by atoms with E-state index in [0.717, 1.165) is 19.3 Å². The van der Waals surface area contributed by atoms with Gasteiger partial charge < -0.3 is 24.1 Å². The van der Waals surface area contributed by atoms with Crippen molar-refractivity contribution in [3.8, 4) is 0 Å². The summed E-state index contributed by atoms with van der Waals surface area (Å²) in [6.07, 6.45) is 1.71. The maximum atomic E-state index is 10.5. The lowest BCUT2D eigenvalue weighted by Gasteiger charge is -2.58. The third-order valence-corrected chi connectivity index (χ3v) is 6.50. The molecule has 120 valence electrons. The van der Waals surface area contributed by atoms with Crippen molar-refractivity contribution in [2.24, 2.45) is 23.7 Å². The van der Waals surface area contributed by atoms with Crippen molar-refractivity contribution in [2.45, 2.75) is 70.1 Å². The van der Waals surface area contributed by atoms with Crippen LogP contribution in [0.15, 0.2) is 0 Å². The van der Waals surface area contributed by atoms with Gasteiger partial charge in [-0.15, -0.1) is 0 Å². The molecule has 2 bridgehead atoms. The molecule has 0 aromatic rings. The molecule has 1 spiro atoms. The van der Waals surface area contributed by atoms with Gasteiger partial charge in [-0.3, -0.25) is 0 Å². The van der Waals surface area contributed by atoms with Crippen LogP contribution in [0.4, 0.5) is 0 Å². The normalized spacial score (nSPS) is 62.4. The minimum absolute atomic E-state index is 0.261. The maximum absolute atomic E-state index is 10.5. The molecule has 5 heteroatoms. The molecule has 4 rings (SSSR count). The van der Waals surface area contributed by atoms with Gasteiger partial charge in [0, 0.05) is 18.9 Å². The van der Waals surface area contributed by atoms with Gasteiger partial charge in [0.15, 0.2) is 18.4 Å². The van der Waals surface area contributed by atoms with E-state index in [1.165, 1.54) is 0 Å². The van der Waals surface area contributed by atoms with E-state index in [9.17, 15) is 5.11 Å². The summed E-state index contributed by atoms with van der Waals surface area (Å²) in [5.41, 5.74) is -0.417. The Morgan fingerprint density at radius 2 is 1.95 bits per heavy atom. The Labute approximate surface area is 125 Å². The molecule has 3 saturated heterocycles. The average Bonchev–Trinajstić information content (AvgIpc) is 2.70. The molecule has 4 aliphatic rings. The van der Waals surface area contributed by atoms with Gasteiger partial charge in [-0.2, -0.15) is 0 Å². The van der Waals surface area contributed by atoms with Crippen LogP contribution in [0.1, 0.15) is 40.0 Å². The second-order valence-corrected chi connectivity index (χ2v) is 7.54. The summed E-state index contributed by atoms with van der Waals surface area (Å²) in [5, 5.41) is 10.5. The Hall–Kier alpha value is -0.200. The molecule has 4 fully saturated rings. The molecule has 3 heterocycles. The molecule has 5 nitrogen and oxygen atoms in total. The maximum Gasteiger partial charge on any atom is 0.195 e. The predicted octanol–water partition coefficient (Wildman–Crippen LogP) is 1.88. The quantitative estimate of drug-likeness (QED) is 0.801. The van der Waals surface area contributed by atoms with Crippen molar-refractivity contribution in [1.82, 2.24) is 0 Å². The summed E-state index contributed by atoms with van der Waals surface area (Å²) < 4.78 is 24.1. The van der Waals surface area contributed by atoms with Crippen LogP contribution < -0.4 is 0 Å². The fourth-order valence-electron chi connectivity index (χ4n) is 5.35. The minimum atomic E-state index is -0.946. The van der Waals surface area contributed by atoms with Gasteiger partial charge in [-0.25, -0.2) is 0 Å². The Bertz CT molecular complexity index is 442. The zero-order valence-corrected chi connectivity index (χ0v) is 13.2. The zero-order valence-electron chi connectivity index (χ0n) is 13.2. The number of hydrogen-bond donors (Lipinski definition) is 1. The highest BCUT2D eigenvalue weighted by atomic mass is 16.9. The first-order chi connectivity index (χ1) is 9.92. The van der Waals surface area contributed by atoms with E-state index >= 15 is 0 Å². The zero-order chi connectivity index (χ0) is 15.0. The lowest BCUT2D eigenvalue weighted by atomic mass is 9.57. The van der Waals surface area contributed by atoms with Crippen molar-refractivity contribution in [1.29, 1.82) is 0 Å². The molecule has 9 atom stereocenters. The highest BCUT2D eigenvalue weighted by Crippen LogP contribution is 2.63. The molecule has 0 aromatic heterocycles. The van der Waals surface area contributed by atoms with Gasteiger partial charge in [0.25, 0.3) is 0 Å². The van der Waals surface area contributed by atoms with E-state index in [1.807, 2.05) is 6.92 Å². The summed E-state index contributed by atoms with van der Waals surface area (Å²) in [4.78, 5) is 0. The molecule has 0 unspecified atom stereocenters. The Morgan fingerprint density at radius 1 is 1.19 bits per heavy atom. The largest absolute Gasteiger partial charge is 0.388 e. The van der Waals surface area contributed by atoms with Crippen LogP contribution in [-0.4, -0.2) is 42.3 Å². The molecular weight excluding hydrogens is 272 g/mol. The SMILES string of the molecule is CO[C@@H]1O[C@H]2O[C@]3(C)O[C@]24[C@@H](CC[C@@H](C)[C@@H]4C[C@H]3O)[C@H]1C. The van der Waals surface area contributed by atoms with Gasteiger partial charge in [-0.1, -0.05) is 13.8 Å². The Kier molecular flexibility index (Phi) is 3.03. The van der Waals surface area contributed by atoms with E-state index < -0.39 is 23.8 Å². The smallest absolute Gasteiger partial charge is 0.195 e. The van der Waals surface area contributed by atoms with Gasteiger partial charge in [0.2, 0.25) is 0 Å². The van der Waals surface area contributed by atoms with E-state index in [4.69, 9.17) is 18.9 Å². The number of hydrogen-bond acceptors (Lipinski definition) is 5. The number of methoxy groups -OCH3 is 1. The van der Waals surface area contributed by atoms with Crippen molar-refractivity contribution in [3.05, 3.63) is 0 Å². The summed E-state index contributed by atoms with van der Waals surface area (Å²) in [6, 6.07) is 0. The van der Waals surface area contributed by atoms with Crippen LogP contribution >= 0.6 is 0 Å². The highest BCUT2D eigenvalue weighted by Gasteiger charge is 2.73. The first-order valence-corrected chi connectivity index (χ1v) is 8.16. The van der Waals surface area contributed by atoms with Crippen LogP contribution in [0.2, 0.25) is 0 Å². The molecule has 1 saturated carbocycles. The molecule has 1 aliphatic carbocycles. The highest BCUT2D eigenvalue weighted by molar-refractivity contribution is 5.14. The summed E-state index contributed by atoms with van der Waals surface area (Å²) >= 11 is 0. The van der Waals surface area contributed by atoms with Gasteiger partial charge in [-0.05, 0) is 38.0 Å². The van der Waals surface area contributed by atoms with Crippen molar-refractivity contribution >= 4 is 0 Å². The lowest BCUT2D eigenvalue weighted by molar-refractivity contribution is -0.335. The standard InChI is InChI=1S/C16H26O5/c1-8-5-6-10-9(2)13(18-4)19-14-16(10)11(8)7-12(17)15(3,20-14)21-16/h8-14,17H,5-7H2,1-4H3/t8-,9-,10+,11+,12-,13-,14+,15-,16+/m1/s1. The van der Waals surface area contributed by atoms with Crippen LogP contribution in [0.25, 0.3) is 0 Å². The minimum Gasteiger partial charge on any atom is -0.388 e. The fraction of sp³-hybridized carbons (Fsp3) is 1.00. The average molecular weight is 298 g/mol. The topological polar surface area (TPSA) is 57.2 Å². The third kappa shape index (κ3) is 1.64. The Balaban J connectivity index is 1.80. The van der Waals surface area contributed by atoms with E-state index in [-0.39, 0.29) is 18.1 Å². The predicted molar refractivity (Wildman–Crippen MR) is 74.1 cm³/mol. The fourth-order valence-corrected chi connectivity index (χ4v) is 5.35. The van der Waals surface area contributed by atoms with Gasteiger partial charge in [0.1, 0.15) is 11.7 Å². The molecule has 0 radical (unpaired) electrons. The van der Waals surface area contributed by atoms with E-state index in [2.05, 4.69) is 13.8 Å². The number of ether oxygens (including phenoxy) is 4. The molecule has 0 amide bonds. The van der Waals surface area contributed by atoms with Crippen molar-refractivity contribution < 1.29 is 24.1 Å². The van der Waals surface area contributed by atoms with E-state index in [1.54, 1.807) is 7.11 Å². The van der Waals surface area contributed by atoms with Crippen LogP contribution in [0.5, 0.6) is 0 Å².